The van der Waals surface area contributed by atoms with Gasteiger partial charge in [0.15, 0.2) is 0 Å². The van der Waals surface area contributed by atoms with Gasteiger partial charge in [-0.2, -0.15) is 5.06 Å². The van der Waals surface area contributed by atoms with Gasteiger partial charge in [0.25, 0.3) is 0 Å². The predicted octanol–water partition coefficient (Wildman–Crippen LogP) is 3.70. The highest BCUT2D eigenvalue weighted by molar-refractivity contribution is 5.90. The van der Waals surface area contributed by atoms with Crippen LogP contribution in [-0.4, -0.2) is 72.4 Å². The summed E-state index contributed by atoms with van der Waals surface area (Å²) in [6.45, 7) is 0. The first kappa shape index (κ1) is 35.5. The van der Waals surface area contributed by atoms with Gasteiger partial charge >= 0.3 is 11.9 Å². The number of rotatable bonds is 16. The SMILES string of the molecule is COC(=O)[C@@H](Cc1ccccc1)NC(=O)[C@@H](Cc1ccccc1)N(O)[C@@H](Cc1ccccc1)C(=O)N[C@H](Cc1ccccc1)C(=O)OC. The van der Waals surface area contributed by atoms with Gasteiger partial charge in [-0.25, -0.2) is 9.59 Å². The van der Waals surface area contributed by atoms with Crippen molar-refractivity contribution in [2.75, 3.05) is 14.2 Å². The first-order valence-electron chi connectivity index (χ1n) is 15.7. The van der Waals surface area contributed by atoms with E-state index in [0.717, 1.165) is 16.2 Å². The van der Waals surface area contributed by atoms with Crippen LogP contribution in [0.15, 0.2) is 121 Å². The van der Waals surface area contributed by atoms with Gasteiger partial charge in [0, 0.05) is 12.8 Å². The van der Waals surface area contributed by atoms with E-state index in [-0.39, 0.29) is 25.7 Å². The van der Waals surface area contributed by atoms with Crippen molar-refractivity contribution >= 4 is 23.8 Å². The second-order valence-electron chi connectivity index (χ2n) is 11.3. The Bertz CT molecular complexity index is 1480. The van der Waals surface area contributed by atoms with Crippen molar-refractivity contribution in [2.24, 2.45) is 0 Å². The van der Waals surface area contributed by atoms with E-state index in [1.807, 2.05) is 72.8 Å². The first-order valence-corrected chi connectivity index (χ1v) is 15.7. The minimum Gasteiger partial charge on any atom is -0.467 e. The van der Waals surface area contributed by atoms with E-state index in [9.17, 15) is 24.4 Å². The molecule has 4 aromatic carbocycles. The Hall–Kier alpha value is -5.32. The number of carbonyl (C=O) groups is 4. The zero-order chi connectivity index (χ0) is 34.3. The fraction of sp³-hybridized carbons (Fsp3) is 0.263. The molecular formula is C38H41N3O7. The molecule has 10 nitrogen and oxygen atoms in total. The lowest BCUT2D eigenvalue weighted by Gasteiger charge is -2.33. The molecule has 0 fully saturated rings. The molecule has 48 heavy (non-hydrogen) atoms. The van der Waals surface area contributed by atoms with Crippen molar-refractivity contribution in [1.29, 1.82) is 0 Å². The molecule has 0 aliphatic heterocycles. The van der Waals surface area contributed by atoms with Crippen molar-refractivity contribution in [3.05, 3.63) is 144 Å². The number of nitrogens with one attached hydrogen (secondary N) is 2. The smallest absolute Gasteiger partial charge is 0.328 e. The fourth-order valence-electron chi connectivity index (χ4n) is 5.41. The number of carbonyl (C=O) groups excluding carboxylic acids is 4. The lowest BCUT2D eigenvalue weighted by atomic mass is 9.98. The number of hydrogen-bond acceptors (Lipinski definition) is 8. The van der Waals surface area contributed by atoms with E-state index < -0.39 is 47.9 Å². The summed E-state index contributed by atoms with van der Waals surface area (Å²) in [4.78, 5) is 53.8. The van der Waals surface area contributed by atoms with E-state index in [0.29, 0.717) is 11.1 Å². The second kappa shape index (κ2) is 18.1. The zero-order valence-corrected chi connectivity index (χ0v) is 27.0. The fourth-order valence-corrected chi connectivity index (χ4v) is 5.41. The molecule has 4 rings (SSSR count). The van der Waals surface area contributed by atoms with Gasteiger partial charge in [-0.1, -0.05) is 121 Å². The van der Waals surface area contributed by atoms with Crippen LogP contribution in [-0.2, 0) is 54.3 Å². The van der Waals surface area contributed by atoms with Crippen LogP contribution in [0.2, 0.25) is 0 Å². The van der Waals surface area contributed by atoms with Gasteiger partial charge < -0.3 is 25.3 Å². The van der Waals surface area contributed by atoms with Crippen LogP contribution >= 0.6 is 0 Å². The topological polar surface area (TPSA) is 134 Å². The molecule has 0 saturated heterocycles. The highest BCUT2D eigenvalue weighted by atomic mass is 16.5. The molecule has 0 aliphatic rings. The van der Waals surface area contributed by atoms with Gasteiger partial charge in [0.1, 0.15) is 24.2 Å². The standard InChI is InChI=1S/C38H41N3O7/c1-47-37(44)31(23-27-15-7-3-8-16-27)39-35(42)33(25-29-19-11-5-12-20-29)41(46)34(26-30-21-13-6-14-22-30)36(43)40-32(38(45)48-2)24-28-17-9-4-10-18-28/h3-22,31-34,46H,23-26H2,1-2H3,(H,39,42)(H,40,43)/t31-,32-,33-,34+/m1/s1. The molecule has 0 bridgehead atoms. The molecule has 0 radical (unpaired) electrons. The van der Waals surface area contributed by atoms with Crippen LogP contribution in [0.3, 0.4) is 0 Å². The third kappa shape index (κ3) is 10.3. The molecule has 2 amide bonds. The Balaban J connectivity index is 1.67. The maximum absolute atomic E-state index is 14.1. The van der Waals surface area contributed by atoms with Gasteiger partial charge in [-0.05, 0) is 35.1 Å². The average molecular weight is 652 g/mol. The highest BCUT2D eigenvalue weighted by Gasteiger charge is 2.38. The molecule has 4 aromatic rings. The van der Waals surface area contributed by atoms with E-state index in [2.05, 4.69) is 10.6 Å². The van der Waals surface area contributed by atoms with Crippen molar-refractivity contribution in [3.8, 4) is 0 Å². The third-order valence-corrected chi connectivity index (χ3v) is 7.96. The molecule has 0 aromatic heterocycles. The van der Waals surface area contributed by atoms with Crippen molar-refractivity contribution < 1.29 is 33.9 Å². The summed E-state index contributed by atoms with van der Waals surface area (Å²) in [5.41, 5.74) is 3.01. The van der Waals surface area contributed by atoms with Crippen LogP contribution in [0.4, 0.5) is 0 Å². The minimum atomic E-state index is -1.32. The Morgan fingerprint density at radius 3 is 1.06 bits per heavy atom. The van der Waals surface area contributed by atoms with Gasteiger partial charge in [-0.15, -0.1) is 0 Å². The summed E-state index contributed by atoms with van der Waals surface area (Å²) >= 11 is 0. The molecule has 3 N–H and O–H groups in total. The Morgan fingerprint density at radius 1 is 0.521 bits per heavy atom. The Kier molecular flexibility index (Phi) is 13.4. The lowest BCUT2D eigenvalue weighted by molar-refractivity contribution is -0.180. The summed E-state index contributed by atoms with van der Waals surface area (Å²) < 4.78 is 9.99. The molecule has 250 valence electrons. The summed E-state index contributed by atoms with van der Waals surface area (Å²) in [5, 5.41) is 18.1. The molecule has 4 atom stereocenters. The molecule has 0 saturated carbocycles. The number of benzene rings is 4. The number of nitrogens with zero attached hydrogens (tertiary/aromatic N) is 1. The van der Waals surface area contributed by atoms with Crippen LogP contribution < -0.4 is 10.6 Å². The van der Waals surface area contributed by atoms with Crippen molar-refractivity contribution in [3.63, 3.8) is 0 Å². The predicted molar refractivity (Wildman–Crippen MR) is 180 cm³/mol. The molecule has 0 unspecified atom stereocenters. The number of hydrogen-bond donors (Lipinski definition) is 3. The third-order valence-electron chi connectivity index (χ3n) is 7.96. The molecule has 0 heterocycles. The molecular weight excluding hydrogens is 610 g/mol. The zero-order valence-electron chi connectivity index (χ0n) is 27.0. The number of methoxy groups -OCH3 is 2. The normalized spacial score (nSPS) is 13.4. The highest BCUT2D eigenvalue weighted by Crippen LogP contribution is 2.17. The first-order chi connectivity index (χ1) is 23.3. The van der Waals surface area contributed by atoms with E-state index in [1.165, 1.54) is 14.2 Å². The average Bonchev–Trinajstić information content (AvgIpc) is 3.13. The Morgan fingerprint density at radius 2 is 0.792 bits per heavy atom. The van der Waals surface area contributed by atoms with Crippen LogP contribution in [0.1, 0.15) is 22.3 Å². The van der Waals surface area contributed by atoms with Crippen molar-refractivity contribution in [1.82, 2.24) is 15.7 Å². The summed E-state index contributed by atoms with van der Waals surface area (Å²) in [7, 11) is 2.47. The minimum absolute atomic E-state index is 0.00538. The van der Waals surface area contributed by atoms with Crippen LogP contribution in [0.5, 0.6) is 0 Å². The van der Waals surface area contributed by atoms with Crippen LogP contribution in [0.25, 0.3) is 0 Å². The van der Waals surface area contributed by atoms with Gasteiger partial charge in [-0.3, -0.25) is 9.59 Å². The largest absolute Gasteiger partial charge is 0.467 e. The van der Waals surface area contributed by atoms with E-state index in [1.54, 1.807) is 48.5 Å². The van der Waals surface area contributed by atoms with Crippen molar-refractivity contribution in [2.45, 2.75) is 49.9 Å². The maximum Gasteiger partial charge on any atom is 0.328 e. The lowest BCUT2D eigenvalue weighted by Crippen LogP contribution is -2.59. The maximum atomic E-state index is 14.1. The second-order valence-corrected chi connectivity index (χ2v) is 11.3. The molecule has 10 heteroatoms. The number of amides is 2. The quantitative estimate of drug-likeness (QED) is 0.123. The molecule has 0 spiro atoms. The van der Waals surface area contributed by atoms with Crippen LogP contribution in [0, 0.1) is 0 Å². The summed E-state index contributed by atoms with van der Waals surface area (Å²) in [6, 6.07) is 31.6. The van der Waals surface area contributed by atoms with Gasteiger partial charge in [0.2, 0.25) is 11.8 Å². The molecule has 0 aliphatic carbocycles. The number of esters is 2. The number of hydroxylamine groups is 2. The Labute approximate surface area is 280 Å². The summed E-state index contributed by atoms with van der Waals surface area (Å²) in [6.07, 6.45) is 0.310. The van der Waals surface area contributed by atoms with Gasteiger partial charge in [0.05, 0.1) is 14.2 Å². The summed E-state index contributed by atoms with van der Waals surface area (Å²) in [5.74, 6) is -2.69. The van der Waals surface area contributed by atoms with E-state index >= 15 is 0 Å². The monoisotopic (exact) mass is 651 g/mol. The number of ether oxygens (including phenoxy) is 2. The van der Waals surface area contributed by atoms with E-state index in [4.69, 9.17) is 9.47 Å².